The molecule has 1 atom stereocenters. The van der Waals surface area contributed by atoms with Crippen LogP contribution in [-0.4, -0.2) is 34.5 Å². The maximum Gasteiger partial charge on any atom is 0.262 e. The van der Waals surface area contributed by atoms with E-state index in [0.717, 1.165) is 45.0 Å². The van der Waals surface area contributed by atoms with Crippen molar-refractivity contribution in [1.82, 2.24) is 10.3 Å². The van der Waals surface area contributed by atoms with E-state index in [1.807, 2.05) is 53.4 Å². The van der Waals surface area contributed by atoms with Gasteiger partial charge in [-0.3, -0.25) is 14.5 Å². The van der Waals surface area contributed by atoms with E-state index in [1.165, 1.54) is 11.3 Å². The monoisotopic (exact) mass is 537 g/mol. The molecule has 3 aliphatic rings. The number of para-hydroxylation sites is 1. The summed E-state index contributed by atoms with van der Waals surface area (Å²) in [6, 6.07) is 21.1. The van der Waals surface area contributed by atoms with Crippen LogP contribution in [-0.2, 0) is 13.0 Å². The largest absolute Gasteiger partial charge is 0.398 e. The number of nitrogens with two attached hydrogens (primary N) is 1. The minimum Gasteiger partial charge on any atom is -0.398 e. The molecule has 8 nitrogen and oxygen atoms in total. The van der Waals surface area contributed by atoms with Gasteiger partial charge in [-0.25, -0.2) is 4.98 Å². The molecule has 0 spiro atoms. The Balaban J connectivity index is 1.19. The number of carbonyl (C=O) groups is 2. The predicted octanol–water partition coefficient (Wildman–Crippen LogP) is 4.50. The predicted molar refractivity (Wildman–Crippen MR) is 152 cm³/mol. The zero-order valence-electron chi connectivity index (χ0n) is 21.1. The number of nitrogen functional groups attached to an aromatic ring is 1. The maximum absolute atomic E-state index is 13.1. The first kappa shape index (κ1) is 23.9. The van der Waals surface area contributed by atoms with Crippen LogP contribution in [0, 0.1) is 0 Å². The van der Waals surface area contributed by atoms with Crippen molar-refractivity contribution < 1.29 is 14.7 Å². The van der Waals surface area contributed by atoms with Gasteiger partial charge in [-0.2, -0.15) is 0 Å². The van der Waals surface area contributed by atoms with Crippen LogP contribution in [0.25, 0.3) is 10.4 Å². The summed E-state index contributed by atoms with van der Waals surface area (Å²) in [6.07, 6.45) is 1.75. The van der Waals surface area contributed by atoms with E-state index in [2.05, 4.69) is 5.32 Å². The summed E-state index contributed by atoms with van der Waals surface area (Å²) >= 11 is 1.50. The third-order valence-electron chi connectivity index (χ3n) is 7.59. The van der Waals surface area contributed by atoms with Crippen LogP contribution < -0.4 is 20.9 Å². The highest BCUT2D eigenvalue weighted by Gasteiger charge is 2.33. The van der Waals surface area contributed by atoms with Gasteiger partial charge in [0.05, 0.1) is 22.7 Å². The fourth-order valence-electron chi connectivity index (χ4n) is 5.44. The molecular weight excluding hydrogens is 510 g/mol. The van der Waals surface area contributed by atoms with Crippen molar-refractivity contribution in [3.05, 3.63) is 94.0 Å². The summed E-state index contributed by atoms with van der Waals surface area (Å²) < 4.78 is 0. The summed E-state index contributed by atoms with van der Waals surface area (Å²) in [7, 11) is 0. The molecule has 39 heavy (non-hydrogen) atoms. The number of anilines is 3. The van der Waals surface area contributed by atoms with Crippen molar-refractivity contribution in [2.75, 3.05) is 22.1 Å². The highest BCUT2D eigenvalue weighted by Crippen LogP contribution is 2.43. The molecule has 2 aromatic heterocycles. The molecule has 9 heteroatoms. The SMILES string of the molecule is Nc1cccc2c1C(=O)N(c1cccc(C(O)N3CCc4cc(C(=O)NC5CC5)sc4-c4ccccc43)n1)C2. The number of carbonyl (C=O) groups excluding carboxylic acids is 2. The number of fused-ring (bicyclic) bond motifs is 4. The molecule has 1 aliphatic carbocycles. The number of rotatable bonds is 5. The Hall–Kier alpha value is -4.21. The average Bonchev–Trinajstić information content (AvgIpc) is 3.59. The number of thiophene rings is 1. The lowest BCUT2D eigenvalue weighted by Crippen LogP contribution is -2.31. The lowest BCUT2D eigenvalue weighted by atomic mass is 10.1. The van der Waals surface area contributed by atoms with Crippen LogP contribution >= 0.6 is 11.3 Å². The van der Waals surface area contributed by atoms with Gasteiger partial charge in [0, 0.05) is 34.4 Å². The molecule has 4 heterocycles. The Labute approximate surface area is 229 Å². The maximum atomic E-state index is 13.1. The molecule has 4 N–H and O–H groups in total. The number of benzene rings is 2. The number of hydrogen-bond acceptors (Lipinski definition) is 7. The Morgan fingerprint density at radius 3 is 2.72 bits per heavy atom. The van der Waals surface area contributed by atoms with Gasteiger partial charge in [0.2, 0.25) is 0 Å². The fraction of sp³-hybridized carbons (Fsp3) is 0.233. The lowest BCUT2D eigenvalue weighted by Gasteiger charge is -2.30. The van der Waals surface area contributed by atoms with Gasteiger partial charge in [-0.05, 0) is 60.7 Å². The Morgan fingerprint density at radius 2 is 1.90 bits per heavy atom. The van der Waals surface area contributed by atoms with Gasteiger partial charge in [-0.15, -0.1) is 11.3 Å². The van der Waals surface area contributed by atoms with Gasteiger partial charge in [0.1, 0.15) is 5.82 Å². The van der Waals surface area contributed by atoms with Crippen LogP contribution in [0.5, 0.6) is 0 Å². The average molecular weight is 538 g/mol. The number of aliphatic hydroxyl groups excluding tert-OH is 1. The first-order valence-corrected chi connectivity index (χ1v) is 13.9. The molecule has 7 rings (SSSR count). The number of aliphatic hydroxyl groups is 1. The number of aromatic nitrogens is 1. The molecule has 2 aliphatic heterocycles. The molecule has 1 unspecified atom stereocenters. The van der Waals surface area contributed by atoms with Gasteiger partial charge < -0.3 is 21.1 Å². The van der Waals surface area contributed by atoms with Crippen molar-refractivity contribution in [3.8, 4) is 10.4 Å². The van der Waals surface area contributed by atoms with Gasteiger partial charge >= 0.3 is 0 Å². The number of nitrogens with one attached hydrogen (secondary N) is 1. The molecule has 1 saturated carbocycles. The van der Waals surface area contributed by atoms with E-state index < -0.39 is 6.23 Å². The minimum atomic E-state index is -1.03. The quantitative estimate of drug-likeness (QED) is 0.323. The molecule has 2 amide bonds. The summed E-state index contributed by atoms with van der Waals surface area (Å²) in [5.74, 6) is 0.278. The smallest absolute Gasteiger partial charge is 0.262 e. The van der Waals surface area contributed by atoms with Crippen molar-refractivity contribution in [1.29, 1.82) is 0 Å². The molecule has 0 radical (unpaired) electrons. The number of amides is 2. The Morgan fingerprint density at radius 1 is 1.08 bits per heavy atom. The molecule has 2 aromatic carbocycles. The van der Waals surface area contributed by atoms with E-state index in [1.54, 1.807) is 23.1 Å². The van der Waals surface area contributed by atoms with Gasteiger partial charge in [0.15, 0.2) is 6.23 Å². The Kier molecular flexibility index (Phi) is 5.64. The minimum absolute atomic E-state index is 0.00803. The van der Waals surface area contributed by atoms with E-state index in [4.69, 9.17) is 10.7 Å². The summed E-state index contributed by atoms with van der Waals surface area (Å²) in [5.41, 5.74) is 11.3. The number of hydrogen-bond donors (Lipinski definition) is 3. The summed E-state index contributed by atoms with van der Waals surface area (Å²) in [6.45, 7) is 0.928. The second kappa shape index (κ2) is 9.21. The second-order valence-corrected chi connectivity index (χ2v) is 11.3. The molecule has 196 valence electrons. The Bertz CT molecular complexity index is 1630. The van der Waals surface area contributed by atoms with E-state index in [0.29, 0.717) is 48.3 Å². The molecule has 0 saturated heterocycles. The van der Waals surface area contributed by atoms with Crippen LogP contribution in [0.15, 0.2) is 66.7 Å². The van der Waals surface area contributed by atoms with Gasteiger partial charge in [-0.1, -0.05) is 36.4 Å². The van der Waals surface area contributed by atoms with E-state index in [-0.39, 0.29) is 11.8 Å². The highest BCUT2D eigenvalue weighted by atomic mass is 32.1. The zero-order chi connectivity index (χ0) is 26.7. The van der Waals surface area contributed by atoms with Crippen LogP contribution in [0.4, 0.5) is 17.2 Å². The van der Waals surface area contributed by atoms with Crippen molar-refractivity contribution >= 4 is 40.3 Å². The number of pyridine rings is 1. The van der Waals surface area contributed by atoms with Crippen molar-refractivity contribution in [3.63, 3.8) is 0 Å². The topological polar surface area (TPSA) is 112 Å². The molecule has 0 bridgehead atoms. The third-order valence-corrected chi connectivity index (χ3v) is 8.80. The fourth-order valence-corrected chi connectivity index (χ4v) is 6.59. The van der Waals surface area contributed by atoms with Crippen LogP contribution in [0.2, 0.25) is 0 Å². The summed E-state index contributed by atoms with van der Waals surface area (Å²) in [5, 5.41) is 14.7. The molecule has 1 fully saturated rings. The van der Waals surface area contributed by atoms with E-state index in [9.17, 15) is 14.7 Å². The van der Waals surface area contributed by atoms with Gasteiger partial charge in [0.25, 0.3) is 11.8 Å². The zero-order valence-corrected chi connectivity index (χ0v) is 21.9. The van der Waals surface area contributed by atoms with E-state index >= 15 is 0 Å². The first-order chi connectivity index (χ1) is 19.0. The standard InChI is InChI=1S/C30H27N5O3S/c31-21-7-3-5-18-16-35(30(38)26(18)21)25-10-4-8-22(33-25)29(37)34-14-13-17-15-24(28(36)32-19-11-12-19)39-27(17)20-6-1-2-9-23(20)34/h1-10,15,19,29,37H,11-14,16,31H2,(H,32,36). The first-order valence-electron chi connectivity index (χ1n) is 13.1. The van der Waals surface area contributed by atoms with Crippen LogP contribution in [0.3, 0.4) is 0 Å². The number of nitrogens with zero attached hydrogens (tertiary/aromatic N) is 3. The lowest BCUT2D eigenvalue weighted by molar-refractivity contribution is 0.0953. The normalized spacial score (nSPS) is 16.8. The molecule has 4 aromatic rings. The molecular formula is C30H27N5O3S. The van der Waals surface area contributed by atoms with Crippen molar-refractivity contribution in [2.24, 2.45) is 0 Å². The second-order valence-electron chi connectivity index (χ2n) is 10.2. The third kappa shape index (κ3) is 4.14. The van der Waals surface area contributed by atoms with Crippen molar-refractivity contribution in [2.45, 2.75) is 38.1 Å². The summed E-state index contributed by atoms with van der Waals surface area (Å²) in [4.78, 5) is 35.9. The highest BCUT2D eigenvalue weighted by molar-refractivity contribution is 7.17. The van der Waals surface area contributed by atoms with Crippen LogP contribution in [0.1, 0.15) is 55.9 Å².